The smallest absolute Gasteiger partial charge is 0.242 e. The van der Waals surface area contributed by atoms with Crippen LogP contribution in [-0.2, 0) is 18.4 Å². The van der Waals surface area contributed by atoms with Gasteiger partial charge in [0, 0.05) is 33.5 Å². The lowest BCUT2D eigenvalue weighted by Crippen LogP contribution is -2.35. The average molecular weight is 380 g/mol. The predicted octanol–water partition coefficient (Wildman–Crippen LogP) is 2.24. The summed E-state index contributed by atoms with van der Waals surface area (Å²) >= 11 is 5.01. The summed E-state index contributed by atoms with van der Waals surface area (Å²) in [4.78, 5) is 13.3. The second kappa shape index (κ2) is 7.78. The number of halogens is 2. The summed E-state index contributed by atoms with van der Waals surface area (Å²) < 4.78 is 2.72. The third kappa shape index (κ3) is 4.31. The van der Waals surface area contributed by atoms with E-state index in [0.717, 1.165) is 14.9 Å². The number of nitrogens with one attached hydrogen (secondary N) is 2. The van der Waals surface area contributed by atoms with Crippen LogP contribution in [0.1, 0.15) is 16.5 Å². The van der Waals surface area contributed by atoms with E-state index in [2.05, 4.69) is 31.7 Å². The molecule has 0 aliphatic rings. The number of carbonyl (C=O) groups excluding carboxylic acids is 1. The van der Waals surface area contributed by atoms with Gasteiger partial charge in [-0.1, -0.05) is 0 Å². The maximum absolute atomic E-state index is 12.1. The summed E-state index contributed by atoms with van der Waals surface area (Å²) in [5.74, 6) is -0.0555. The highest BCUT2D eigenvalue weighted by Crippen LogP contribution is 2.19. The maximum Gasteiger partial charge on any atom is 0.242 e. The second-order valence-electron chi connectivity index (χ2n) is 4.12. The van der Waals surface area contributed by atoms with Crippen LogP contribution in [-0.4, -0.2) is 22.7 Å². The molecule has 1 atom stereocenters. The van der Waals surface area contributed by atoms with Crippen LogP contribution in [0.15, 0.2) is 28.3 Å². The van der Waals surface area contributed by atoms with Gasteiger partial charge in [-0.25, -0.2) is 0 Å². The van der Waals surface area contributed by atoms with Crippen LogP contribution in [0.3, 0.4) is 0 Å². The molecular weight excluding hydrogens is 364 g/mol. The molecule has 0 saturated heterocycles. The summed E-state index contributed by atoms with van der Waals surface area (Å²) in [7, 11) is 3.59. The number of likely N-dealkylation sites (N-methyl/N-ethyl adjacent to an activating group) is 1. The zero-order valence-corrected chi connectivity index (χ0v) is 14.3. The van der Waals surface area contributed by atoms with Gasteiger partial charge in [-0.3, -0.25) is 9.48 Å². The van der Waals surface area contributed by atoms with E-state index in [0.29, 0.717) is 6.54 Å². The number of carbonyl (C=O) groups is 1. The van der Waals surface area contributed by atoms with Gasteiger partial charge < -0.3 is 10.6 Å². The Balaban J connectivity index is 0.00000200. The normalized spacial score (nSPS) is 11.8. The Kier molecular flexibility index (Phi) is 6.67. The SMILES string of the molecule is CNC(C(=O)NCc1cc(Br)cs1)c1cnn(C)c1.Cl. The van der Waals surface area contributed by atoms with Gasteiger partial charge in [0.25, 0.3) is 0 Å². The summed E-state index contributed by atoms with van der Waals surface area (Å²) in [5.41, 5.74) is 0.856. The Hall–Kier alpha value is -0.890. The van der Waals surface area contributed by atoms with Crippen LogP contribution >= 0.6 is 39.7 Å². The minimum absolute atomic E-state index is 0. The zero-order valence-electron chi connectivity index (χ0n) is 11.1. The van der Waals surface area contributed by atoms with Crippen LogP contribution in [0, 0.1) is 0 Å². The highest BCUT2D eigenvalue weighted by atomic mass is 79.9. The molecule has 2 aromatic heterocycles. The molecule has 2 heterocycles. The second-order valence-corrected chi connectivity index (χ2v) is 6.03. The van der Waals surface area contributed by atoms with Gasteiger partial charge in [-0.2, -0.15) is 5.10 Å². The van der Waals surface area contributed by atoms with E-state index in [1.807, 2.05) is 24.7 Å². The van der Waals surface area contributed by atoms with Crippen molar-refractivity contribution in [2.45, 2.75) is 12.6 Å². The van der Waals surface area contributed by atoms with Crippen molar-refractivity contribution in [3.63, 3.8) is 0 Å². The lowest BCUT2D eigenvalue weighted by molar-refractivity contribution is -0.123. The van der Waals surface area contributed by atoms with Gasteiger partial charge in [0.15, 0.2) is 0 Å². The number of nitrogens with zero attached hydrogens (tertiary/aromatic N) is 2. The standard InChI is InChI=1S/C12H15BrN4OS.ClH/c1-14-11(8-4-16-17(2)6-8)12(18)15-5-10-3-9(13)7-19-10;/h3-4,6-7,11,14H,5H2,1-2H3,(H,15,18);1H. The van der Waals surface area contributed by atoms with E-state index >= 15 is 0 Å². The molecule has 0 radical (unpaired) electrons. The number of aryl methyl sites for hydroxylation is 1. The minimum atomic E-state index is -0.378. The number of thiophene rings is 1. The summed E-state index contributed by atoms with van der Waals surface area (Å²) in [6.07, 6.45) is 3.53. The van der Waals surface area contributed by atoms with Crippen LogP contribution in [0.25, 0.3) is 0 Å². The largest absolute Gasteiger partial charge is 0.350 e. The van der Waals surface area contributed by atoms with Crippen molar-refractivity contribution in [1.29, 1.82) is 0 Å². The molecule has 2 aromatic rings. The first-order valence-corrected chi connectivity index (χ1v) is 7.44. The van der Waals surface area contributed by atoms with Crippen molar-refractivity contribution in [2.75, 3.05) is 7.05 Å². The summed E-state index contributed by atoms with van der Waals surface area (Å²) in [5, 5.41) is 12.0. The van der Waals surface area contributed by atoms with Crippen molar-refractivity contribution in [3.8, 4) is 0 Å². The predicted molar refractivity (Wildman–Crippen MR) is 86.1 cm³/mol. The molecular formula is C12H16BrClN4OS. The monoisotopic (exact) mass is 378 g/mol. The highest BCUT2D eigenvalue weighted by molar-refractivity contribution is 9.10. The van der Waals surface area contributed by atoms with Crippen LogP contribution in [0.2, 0.25) is 0 Å². The third-order valence-corrected chi connectivity index (χ3v) is 4.37. The first-order valence-electron chi connectivity index (χ1n) is 5.76. The molecule has 0 bridgehead atoms. The highest BCUT2D eigenvalue weighted by Gasteiger charge is 2.19. The molecule has 1 amide bonds. The van der Waals surface area contributed by atoms with Gasteiger partial charge in [-0.05, 0) is 29.0 Å². The third-order valence-electron chi connectivity index (χ3n) is 2.67. The minimum Gasteiger partial charge on any atom is -0.350 e. The van der Waals surface area contributed by atoms with Crippen molar-refractivity contribution in [1.82, 2.24) is 20.4 Å². The first-order chi connectivity index (χ1) is 9.10. The maximum atomic E-state index is 12.1. The van der Waals surface area contributed by atoms with E-state index in [4.69, 9.17) is 0 Å². The quantitative estimate of drug-likeness (QED) is 0.837. The Bertz CT molecular complexity index is 571. The fraction of sp³-hybridized carbons (Fsp3) is 0.333. The molecule has 0 saturated carbocycles. The van der Waals surface area contributed by atoms with Crippen LogP contribution in [0.4, 0.5) is 0 Å². The Labute approximate surface area is 136 Å². The Morgan fingerprint density at radius 1 is 1.60 bits per heavy atom. The number of aromatic nitrogens is 2. The van der Waals surface area contributed by atoms with E-state index in [1.165, 1.54) is 0 Å². The van der Waals surface area contributed by atoms with Crippen molar-refractivity contribution < 1.29 is 4.79 Å². The van der Waals surface area contributed by atoms with Crippen molar-refractivity contribution >= 4 is 45.6 Å². The fourth-order valence-electron chi connectivity index (χ4n) is 1.76. The molecule has 0 aliphatic carbocycles. The molecule has 1 unspecified atom stereocenters. The van der Waals surface area contributed by atoms with E-state index < -0.39 is 0 Å². The lowest BCUT2D eigenvalue weighted by Gasteiger charge is -2.14. The van der Waals surface area contributed by atoms with Crippen molar-refractivity contribution in [2.24, 2.45) is 7.05 Å². The molecule has 5 nitrogen and oxygen atoms in total. The number of rotatable bonds is 5. The zero-order chi connectivity index (χ0) is 13.8. The van der Waals surface area contributed by atoms with Crippen molar-refractivity contribution in [3.05, 3.63) is 38.8 Å². The van der Waals surface area contributed by atoms with Gasteiger partial charge in [0.2, 0.25) is 5.91 Å². The van der Waals surface area contributed by atoms with Gasteiger partial charge in [0.1, 0.15) is 6.04 Å². The molecule has 0 aliphatic heterocycles. The summed E-state index contributed by atoms with van der Waals surface area (Å²) in [6, 6.07) is 1.63. The van der Waals surface area contributed by atoms with Gasteiger partial charge in [-0.15, -0.1) is 23.7 Å². The molecule has 2 N–H and O–H groups in total. The number of amides is 1. The van der Waals surface area contributed by atoms with Crippen LogP contribution in [0.5, 0.6) is 0 Å². The summed E-state index contributed by atoms with van der Waals surface area (Å²) in [6.45, 7) is 0.535. The lowest BCUT2D eigenvalue weighted by atomic mass is 10.1. The molecule has 2 rings (SSSR count). The molecule has 8 heteroatoms. The van der Waals surface area contributed by atoms with Gasteiger partial charge >= 0.3 is 0 Å². The van der Waals surface area contributed by atoms with Gasteiger partial charge in [0.05, 0.1) is 12.7 Å². The number of hydrogen-bond acceptors (Lipinski definition) is 4. The molecule has 20 heavy (non-hydrogen) atoms. The first kappa shape index (κ1) is 17.2. The topological polar surface area (TPSA) is 59.0 Å². The Morgan fingerprint density at radius 2 is 2.35 bits per heavy atom. The molecule has 0 aromatic carbocycles. The molecule has 0 spiro atoms. The van der Waals surface area contributed by atoms with E-state index in [-0.39, 0.29) is 24.4 Å². The Morgan fingerprint density at radius 3 is 2.85 bits per heavy atom. The van der Waals surface area contributed by atoms with E-state index in [1.54, 1.807) is 29.3 Å². The fourth-order valence-corrected chi connectivity index (χ4v) is 3.15. The molecule has 0 fully saturated rings. The van der Waals surface area contributed by atoms with Crippen LogP contribution < -0.4 is 10.6 Å². The average Bonchev–Trinajstić information content (AvgIpc) is 2.97. The molecule has 110 valence electrons. The van der Waals surface area contributed by atoms with E-state index in [9.17, 15) is 4.79 Å². The number of hydrogen-bond donors (Lipinski definition) is 2.